The molecule has 1 N–H and O–H groups in total. The molecule has 216 valence electrons. The van der Waals surface area contributed by atoms with Gasteiger partial charge in [-0.15, -0.1) is 23.1 Å². The molecule has 0 unspecified atom stereocenters. The number of ether oxygens (including phenoxy) is 2. The first-order chi connectivity index (χ1) is 19.8. The summed E-state index contributed by atoms with van der Waals surface area (Å²) in [6.45, 7) is 4.56. The summed E-state index contributed by atoms with van der Waals surface area (Å²) in [6, 6.07) is 7.81. The Balaban J connectivity index is 1.22. The smallest absolute Gasteiger partial charge is 0.378 e. The van der Waals surface area contributed by atoms with Crippen LogP contribution < -0.4 is 10.2 Å². The number of thioether (sulfide) groups is 1. The SMILES string of the molecule is O=C1c2sc(-c3nc(Nc4ccc(N5CCOCC5)cc4C4CC4)ncc3C(F)(F)F)cc2SCCN1C1COC1. The van der Waals surface area contributed by atoms with Crippen molar-refractivity contribution in [3.63, 3.8) is 0 Å². The largest absolute Gasteiger partial charge is 0.420 e. The monoisotopic (exact) mass is 603 g/mol. The van der Waals surface area contributed by atoms with Gasteiger partial charge in [0.15, 0.2) is 0 Å². The number of alkyl halides is 3. The van der Waals surface area contributed by atoms with Gasteiger partial charge in [-0.25, -0.2) is 9.97 Å². The van der Waals surface area contributed by atoms with E-state index >= 15 is 0 Å². The summed E-state index contributed by atoms with van der Waals surface area (Å²) >= 11 is 2.54. The predicted octanol–water partition coefficient (Wildman–Crippen LogP) is 5.63. The molecular weight excluding hydrogens is 575 g/mol. The molecule has 0 radical (unpaired) electrons. The number of nitrogens with zero attached hydrogens (tertiary/aromatic N) is 4. The summed E-state index contributed by atoms with van der Waals surface area (Å²) in [5.41, 5.74) is 1.87. The van der Waals surface area contributed by atoms with Crippen LogP contribution in [-0.4, -0.2) is 78.6 Å². The standard InChI is InChI=1S/C28H28F3N5O3S2/c29-28(30,31)20-13-32-27(33-21-4-3-17(11-19(21)16-1-2-16)35-5-8-38-9-6-35)34-24(20)22-12-23-25(41-22)26(37)36(7-10-40-23)18-14-39-15-18/h3-4,11-13,16,18H,1-2,5-10,14-15H2,(H,32,33,34). The molecule has 8 nitrogen and oxygen atoms in total. The van der Waals surface area contributed by atoms with E-state index in [1.54, 1.807) is 11.0 Å². The van der Waals surface area contributed by atoms with Gasteiger partial charge in [0.05, 0.1) is 43.0 Å². The lowest BCUT2D eigenvalue weighted by Crippen LogP contribution is -2.52. The number of fused-ring (bicyclic) bond motifs is 1. The fourth-order valence-electron chi connectivity index (χ4n) is 5.36. The second-order valence-electron chi connectivity index (χ2n) is 10.6. The number of morpholine rings is 1. The van der Waals surface area contributed by atoms with Crippen LogP contribution >= 0.6 is 23.1 Å². The van der Waals surface area contributed by atoms with Crippen LogP contribution in [0.1, 0.15) is 39.6 Å². The molecular formula is C28H28F3N5O3S2. The van der Waals surface area contributed by atoms with Gasteiger partial charge < -0.3 is 24.6 Å². The Kier molecular flexibility index (Phi) is 7.08. The summed E-state index contributed by atoms with van der Waals surface area (Å²) in [7, 11) is 0. The summed E-state index contributed by atoms with van der Waals surface area (Å²) in [5, 5.41) is 3.21. The van der Waals surface area contributed by atoms with E-state index in [1.165, 1.54) is 11.8 Å². The number of nitrogens with one attached hydrogen (secondary N) is 1. The molecule has 0 spiro atoms. The van der Waals surface area contributed by atoms with Crippen molar-refractivity contribution in [2.24, 2.45) is 0 Å². The van der Waals surface area contributed by atoms with E-state index in [4.69, 9.17) is 9.47 Å². The molecule has 41 heavy (non-hydrogen) atoms. The Morgan fingerprint density at radius 2 is 1.85 bits per heavy atom. The maximum absolute atomic E-state index is 14.1. The lowest BCUT2D eigenvalue weighted by atomic mass is 10.1. The Labute approximate surface area is 243 Å². The van der Waals surface area contributed by atoms with Gasteiger partial charge >= 0.3 is 6.18 Å². The highest BCUT2D eigenvalue weighted by Crippen LogP contribution is 2.46. The fraction of sp³-hybridized carbons (Fsp3) is 0.464. The fourth-order valence-corrected chi connectivity index (χ4v) is 7.67. The molecule has 13 heteroatoms. The third-order valence-electron chi connectivity index (χ3n) is 7.81. The number of aromatic nitrogens is 2. The topological polar surface area (TPSA) is 79.8 Å². The van der Waals surface area contributed by atoms with Gasteiger partial charge in [-0.1, -0.05) is 0 Å². The minimum atomic E-state index is -4.65. The minimum Gasteiger partial charge on any atom is -0.378 e. The van der Waals surface area contributed by atoms with Gasteiger partial charge in [0.25, 0.3) is 5.91 Å². The lowest BCUT2D eigenvalue weighted by molar-refractivity contribution is -0.137. The van der Waals surface area contributed by atoms with E-state index < -0.39 is 11.7 Å². The van der Waals surface area contributed by atoms with Gasteiger partial charge in [-0.3, -0.25) is 4.79 Å². The lowest BCUT2D eigenvalue weighted by Gasteiger charge is -2.36. The van der Waals surface area contributed by atoms with Crippen LogP contribution in [0.25, 0.3) is 10.6 Å². The molecule has 0 atom stereocenters. The molecule has 2 saturated heterocycles. The van der Waals surface area contributed by atoms with E-state index in [0.717, 1.165) is 60.4 Å². The second kappa shape index (κ2) is 10.8. The van der Waals surface area contributed by atoms with Crippen molar-refractivity contribution in [1.82, 2.24) is 14.9 Å². The average molecular weight is 604 g/mol. The Morgan fingerprint density at radius 1 is 1.05 bits per heavy atom. The highest BCUT2D eigenvalue weighted by Gasteiger charge is 2.38. The van der Waals surface area contributed by atoms with Crippen molar-refractivity contribution in [2.75, 3.05) is 62.0 Å². The number of benzene rings is 1. The molecule has 3 fully saturated rings. The highest BCUT2D eigenvalue weighted by atomic mass is 32.2. The molecule has 5 heterocycles. The molecule has 7 rings (SSSR count). The first kappa shape index (κ1) is 27.0. The summed E-state index contributed by atoms with van der Waals surface area (Å²) < 4.78 is 53.2. The molecule has 0 bridgehead atoms. The van der Waals surface area contributed by atoms with Crippen LogP contribution in [0.4, 0.5) is 30.5 Å². The number of carbonyl (C=O) groups excluding carboxylic acids is 1. The minimum absolute atomic E-state index is 0.00971. The van der Waals surface area contributed by atoms with Crippen molar-refractivity contribution < 1.29 is 27.4 Å². The summed E-state index contributed by atoms with van der Waals surface area (Å²) in [5.74, 6) is 0.987. The molecule has 2 aromatic heterocycles. The third kappa shape index (κ3) is 5.40. The van der Waals surface area contributed by atoms with Crippen LogP contribution in [-0.2, 0) is 15.7 Å². The highest BCUT2D eigenvalue weighted by molar-refractivity contribution is 7.99. The number of thiophene rings is 1. The molecule has 4 aliphatic rings. The third-order valence-corrected chi connectivity index (χ3v) is 10.1. The Hall–Kier alpha value is -2.87. The molecule has 1 aliphatic carbocycles. The number of halogens is 3. The van der Waals surface area contributed by atoms with Crippen LogP contribution in [0.15, 0.2) is 35.4 Å². The van der Waals surface area contributed by atoms with Crippen molar-refractivity contribution in [1.29, 1.82) is 0 Å². The predicted molar refractivity (Wildman–Crippen MR) is 151 cm³/mol. The quantitative estimate of drug-likeness (QED) is 0.389. The van der Waals surface area contributed by atoms with E-state index in [1.807, 2.05) is 12.1 Å². The number of rotatable bonds is 6. The Morgan fingerprint density at radius 3 is 2.56 bits per heavy atom. The zero-order valence-corrected chi connectivity index (χ0v) is 23.7. The zero-order chi connectivity index (χ0) is 28.1. The van der Waals surface area contributed by atoms with Gasteiger partial charge in [0.1, 0.15) is 10.4 Å². The van der Waals surface area contributed by atoms with Gasteiger partial charge in [0.2, 0.25) is 5.95 Å². The normalized spacial score (nSPS) is 20.0. The second-order valence-corrected chi connectivity index (χ2v) is 12.8. The van der Waals surface area contributed by atoms with E-state index in [2.05, 4.69) is 26.3 Å². The average Bonchev–Trinajstić information content (AvgIpc) is 3.72. The number of hydrogen-bond acceptors (Lipinski definition) is 9. The number of anilines is 3. The van der Waals surface area contributed by atoms with Crippen molar-refractivity contribution in [3.8, 4) is 10.6 Å². The van der Waals surface area contributed by atoms with Crippen LogP contribution in [0, 0.1) is 0 Å². The first-order valence-electron chi connectivity index (χ1n) is 13.7. The van der Waals surface area contributed by atoms with Crippen LogP contribution in [0.3, 0.4) is 0 Å². The van der Waals surface area contributed by atoms with E-state index in [9.17, 15) is 18.0 Å². The van der Waals surface area contributed by atoms with Crippen LogP contribution in [0.5, 0.6) is 0 Å². The molecule has 3 aromatic rings. The molecule has 1 saturated carbocycles. The van der Waals surface area contributed by atoms with Crippen molar-refractivity contribution >= 4 is 46.3 Å². The number of carbonyl (C=O) groups is 1. The van der Waals surface area contributed by atoms with Crippen molar-refractivity contribution in [2.45, 2.75) is 35.9 Å². The first-order valence-corrected chi connectivity index (χ1v) is 15.5. The molecule has 1 aromatic carbocycles. The molecule has 3 aliphatic heterocycles. The Bertz CT molecular complexity index is 1470. The number of amides is 1. The van der Waals surface area contributed by atoms with Crippen LogP contribution in [0.2, 0.25) is 0 Å². The molecule has 1 amide bonds. The van der Waals surface area contributed by atoms with Gasteiger partial charge in [-0.05, 0) is 48.6 Å². The van der Waals surface area contributed by atoms with E-state index in [0.29, 0.717) is 59.3 Å². The van der Waals surface area contributed by atoms with Gasteiger partial charge in [-0.2, -0.15) is 13.2 Å². The maximum Gasteiger partial charge on any atom is 0.420 e. The summed E-state index contributed by atoms with van der Waals surface area (Å²) in [4.78, 5) is 27.3. The maximum atomic E-state index is 14.1. The van der Waals surface area contributed by atoms with Crippen molar-refractivity contribution in [3.05, 3.63) is 46.5 Å². The number of hydrogen-bond donors (Lipinski definition) is 1. The zero-order valence-electron chi connectivity index (χ0n) is 22.1. The van der Waals surface area contributed by atoms with Gasteiger partial charge in [0, 0.05) is 47.9 Å². The van der Waals surface area contributed by atoms with E-state index in [-0.39, 0.29) is 23.6 Å². The summed E-state index contributed by atoms with van der Waals surface area (Å²) in [6.07, 6.45) is -1.68.